The molecule has 1 aliphatic carbocycles. The molecule has 2 aliphatic rings. The second-order valence-corrected chi connectivity index (χ2v) is 5.35. The van der Waals surface area contributed by atoms with Crippen molar-refractivity contribution in [2.75, 3.05) is 25.1 Å². The summed E-state index contributed by atoms with van der Waals surface area (Å²) < 4.78 is 5.28. The van der Waals surface area contributed by atoms with E-state index in [1.807, 2.05) is 0 Å². The molecule has 1 heterocycles. The summed E-state index contributed by atoms with van der Waals surface area (Å²) in [5.41, 5.74) is 1.02. The van der Waals surface area contributed by atoms with Gasteiger partial charge in [-0.25, -0.2) is 0 Å². The van der Waals surface area contributed by atoms with Gasteiger partial charge in [0, 0.05) is 18.2 Å². The number of benzene rings is 1. The van der Waals surface area contributed by atoms with Crippen molar-refractivity contribution < 1.29 is 19.4 Å². The lowest BCUT2D eigenvalue weighted by molar-refractivity contribution is -0.118. The summed E-state index contributed by atoms with van der Waals surface area (Å²) in [6.45, 7) is 0.287. The average molecular weight is 290 g/mol. The number of hydrogen-bond donors (Lipinski definition) is 2. The van der Waals surface area contributed by atoms with Gasteiger partial charge in [-0.1, -0.05) is 0 Å². The van der Waals surface area contributed by atoms with E-state index in [0.29, 0.717) is 23.5 Å². The molecular weight excluding hydrogens is 272 g/mol. The molecule has 6 heteroatoms. The zero-order chi connectivity index (χ0) is 14.8. The molecule has 0 saturated heterocycles. The normalized spacial score (nSPS) is 17.3. The van der Waals surface area contributed by atoms with Gasteiger partial charge in [0.05, 0.1) is 12.3 Å². The monoisotopic (exact) mass is 290 g/mol. The van der Waals surface area contributed by atoms with E-state index in [9.17, 15) is 9.59 Å². The van der Waals surface area contributed by atoms with Gasteiger partial charge in [-0.05, 0) is 37.5 Å². The fourth-order valence-corrected chi connectivity index (χ4v) is 2.64. The van der Waals surface area contributed by atoms with Crippen molar-refractivity contribution in [3.8, 4) is 5.75 Å². The van der Waals surface area contributed by atoms with E-state index in [4.69, 9.17) is 9.84 Å². The molecule has 0 aromatic heterocycles. The number of nitrogens with zero attached hydrogens (tertiary/aromatic N) is 1. The Morgan fingerprint density at radius 1 is 1.43 bits per heavy atom. The molecule has 1 saturated carbocycles. The fourth-order valence-electron chi connectivity index (χ4n) is 2.64. The van der Waals surface area contributed by atoms with E-state index in [-0.39, 0.29) is 31.1 Å². The third-order valence-corrected chi connectivity index (χ3v) is 3.98. The van der Waals surface area contributed by atoms with Gasteiger partial charge in [-0.15, -0.1) is 0 Å². The van der Waals surface area contributed by atoms with Gasteiger partial charge < -0.3 is 20.1 Å². The highest BCUT2D eigenvalue weighted by Gasteiger charge is 2.29. The van der Waals surface area contributed by atoms with Crippen molar-refractivity contribution in [3.63, 3.8) is 0 Å². The molecule has 0 bridgehead atoms. The van der Waals surface area contributed by atoms with E-state index in [1.165, 1.54) is 0 Å². The zero-order valence-corrected chi connectivity index (χ0v) is 11.7. The molecule has 3 rings (SSSR count). The molecular formula is C15H18N2O4. The second kappa shape index (κ2) is 5.73. The van der Waals surface area contributed by atoms with Crippen LogP contribution in [0.4, 0.5) is 5.69 Å². The highest BCUT2D eigenvalue weighted by atomic mass is 16.5. The Morgan fingerprint density at radius 2 is 2.24 bits per heavy atom. The Hall–Kier alpha value is -2.08. The summed E-state index contributed by atoms with van der Waals surface area (Å²) in [5.74, 6) is 0.234. The first-order valence-corrected chi connectivity index (χ1v) is 7.17. The van der Waals surface area contributed by atoms with Crippen LogP contribution in [0.1, 0.15) is 29.6 Å². The Balaban J connectivity index is 1.83. The maximum absolute atomic E-state index is 12.6. The number of carbonyl (C=O) groups is 2. The first-order chi connectivity index (χ1) is 10.2. The summed E-state index contributed by atoms with van der Waals surface area (Å²) in [5, 5.41) is 11.9. The number of ether oxygens (including phenoxy) is 1. The van der Waals surface area contributed by atoms with E-state index in [1.54, 1.807) is 23.1 Å². The van der Waals surface area contributed by atoms with Crippen molar-refractivity contribution in [3.05, 3.63) is 23.8 Å². The Bertz CT molecular complexity index is 569. The van der Waals surface area contributed by atoms with Crippen molar-refractivity contribution in [2.24, 2.45) is 0 Å². The third-order valence-electron chi connectivity index (χ3n) is 3.98. The van der Waals surface area contributed by atoms with Crippen molar-refractivity contribution in [2.45, 2.75) is 25.3 Å². The number of rotatable bonds is 4. The van der Waals surface area contributed by atoms with Gasteiger partial charge in [0.2, 0.25) is 0 Å². The van der Waals surface area contributed by atoms with Crippen molar-refractivity contribution in [1.82, 2.24) is 4.90 Å². The molecule has 0 atom stereocenters. The summed E-state index contributed by atoms with van der Waals surface area (Å²) in [7, 11) is 0. The predicted molar refractivity (Wildman–Crippen MR) is 76.3 cm³/mol. The maximum atomic E-state index is 12.6. The molecule has 1 aliphatic heterocycles. The number of fused-ring (bicyclic) bond motifs is 1. The van der Waals surface area contributed by atoms with Crippen LogP contribution in [0.2, 0.25) is 0 Å². The predicted octanol–water partition coefficient (Wildman–Crippen LogP) is 1.00. The molecule has 2 N–H and O–H groups in total. The molecule has 0 radical (unpaired) electrons. The second-order valence-electron chi connectivity index (χ2n) is 5.35. The molecule has 1 aromatic rings. The minimum absolute atomic E-state index is 0.000988. The number of aliphatic hydroxyl groups is 1. The summed E-state index contributed by atoms with van der Waals surface area (Å²) in [4.78, 5) is 25.7. The van der Waals surface area contributed by atoms with Gasteiger partial charge in [0.1, 0.15) is 5.75 Å². The Kier molecular flexibility index (Phi) is 3.79. The van der Waals surface area contributed by atoms with Crippen LogP contribution in [-0.4, -0.2) is 47.6 Å². The van der Waals surface area contributed by atoms with Crippen LogP contribution in [0.3, 0.4) is 0 Å². The number of nitrogens with one attached hydrogen (secondary N) is 1. The molecule has 2 amide bonds. The lowest BCUT2D eigenvalue weighted by Crippen LogP contribution is -2.45. The van der Waals surface area contributed by atoms with E-state index in [0.717, 1.165) is 19.3 Å². The van der Waals surface area contributed by atoms with Crippen molar-refractivity contribution >= 4 is 17.5 Å². The van der Waals surface area contributed by atoms with Gasteiger partial charge in [0.15, 0.2) is 6.61 Å². The van der Waals surface area contributed by atoms with Gasteiger partial charge >= 0.3 is 0 Å². The average Bonchev–Trinajstić information content (AvgIpc) is 2.43. The Labute approximate surface area is 122 Å². The number of carbonyl (C=O) groups excluding carboxylic acids is 2. The summed E-state index contributed by atoms with van der Waals surface area (Å²) >= 11 is 0. The van der Waals surface area contributed by atoms with Crippen LogP contribution >= 0.6 is 0 Å². The molecule has 1 fully saturated rings. The van der Waals surface area contributed by atoms with Crippen molar-refractivity contribution in [1.29, 1.82) is 0 Å². The minimum Gasteiger partial charge on any atom is -0.482 e. The molecule has 6 nitrogen and oxygen atoms in total. The van der Waals surface area contributed by atoms with Crippen LogP contribution in [0.15, 0.2) is 18.2 Å². The molecule has 21 heavy (non-hydrogen) atoms. The summed E-state index contributed by atoms with van der Waals surface area (Å²) in [6, 6.07) is 5.24. The van der Waals surface area contributed by atoms with Crippen LogP contribution < -0.4 is 10.1 Å². The lowest BCUT2D eigenvalue weighted by atomic mass is 9.91. The summed E-state index contributed by atoms with van der Waals surface area (Å²) in [6.07, 6.45) is 3.08. The fraction of sp³-hybridized carbons (Fsp3) is 0.467. The van der Waals surface area contributed by atoms with E-state index < -0.39 is 0 Å². The van der Waals surface area contributed by atoms with Crippen LogP contribution in [-0.2, 0) is 4.79 Å². The van der Waals surface area contributed by atoms with Crippen LogP contribution in [0.5, 0.6) is 5.75 Å². The molecule has 1 aromatic carbocycles. The number of anilines is 1. The highest BCUT2D eigenvalue weighted by Crippen LogP contribution is 2.30. The molecule has 112 valence electrons. The van der Waals surface area contributed by atoms with Crippen LogP contribution in [0.25, 0.3) is 0 Å². The van der Waals surface area contributed by atoms with E-state index in [2.05, 4.69) is 5.32 Å². The van der Waals surface area contributed by atoms with Crippen LogP contribution in [0, 0.1) is 0 Å². The van der Waals surface area contributed by atoms with Gasteiger partial charge in [-0.3, -0.25) is 9.59 Å². The first kappa shape index (κ1) is 13.9. The topological polar surface area (TPSA) is 78.9 Å². The SMILES string of the molecule is O=C1COc2ccc(C(=O)N(CCO)C3CCC3)cc2N1. The molecule has 0 spiro atoms. The van der Waals surface area contributed by atoms with E-state index >= 15 is 0 Å². The maximum Gasteiger partial charge on any atom is 0.262 e. The smallest absolute Gasteiger partial charge is 0.262 e. The minimum atomic E-state index is -0.224. The number of aliphatic hydroxyl groups excluding tert-OH is 1. The van der Waals surface area contributed by atoms with Gasteiger partial charge in [-0.2, -0.15) is 0 Å². The number of amides is 2. The zero-order valence-electron chi connectivity index (χ0n) is 11.7. The highest BCUT2D eigenvalue weighted by molar-refractivity contribution is 6.00. The Morgan fingerprint density at radius 3 is 2.90 bits per heavy atom. The largest absolute Gasteiger partial charge is 0.482 e. The standard InChI is InChI=1S/C15H18N2O4/c18-7-6-17(11-2-1-3-11)15(20)10-4-5-13-12(8-10)16-14(19)9-21-13/h4-5,8,11,18H,1-3,6-7,9H2,(H,16,19). The molecule has 0 unspecified atom stereocenters. The first-order valence-electron chi connectivity index (χ1n) is 7.17. The number of hydrogen-bond acceptors (Lipinski definition) is 4. The third kappa shape index (κ3) is 2.71. The quantitative estimate of drug-likeness (QED) is 0.867. The lowest BCUT2D eigenvalue weighted by Gasteiger charge is -2.37. The van der Waals surface area contributed by atoms with Gasteiger partial charge in [0.25, 0.3) is 11.8 Å².